The summed E-state index contributed by atoms with van der Waals surface area (Å²) in [7, 11) is -2.86. The van der Waals surface area contributed by atoms with Crippen LogP contribution < -0.4 is 5.43 Å². The van der Waals surface area contributed by atoms with Gasteiger partial charge in [-0.3, -0.25) is 13.9 Å². The van der Waals surface area contributed by atoms with Crippen LogP contribution in [0.4, 0.5) is 0 Å². The Kier molecular flexibility index (Phi) is 5.90. The van der Waals surface area contributed by atoms with Crippen LogP contribution in [0.25, 0.3) is 16.8 Å². The third-order valence-corrected chi connectivity index (χ3v) is 3.31. The van der Waals surface area contributed by atoms with Gasteiger partial charge < -0.3 is 9.67 Å². The van der Waals surface area contributed by atoms with Gasteiger partial charge in [-0.15, -0.1) is 0 Å². The standard InChI is InChI=1S/C16H13N3O3.H2O4S/c1-18-9-13(11-4-2-5-12(8-11)16(21)22)15(20)14(10-18)19-7-3-6-17-19;1-5(2,3)4/h2-10H,1H3,(H,21,22);(H2,1,2,3,4). The summed E-state index contributed by atoms with van der Waals surface area (Å²) in [5.41, 5.74) is 1.34. The predicted octanol–water partition coefficient (Wildman–Crippen LogP) is 1.28. The van der Waals surface area contributed by atoms with Gasteiger partial charge in [0.1, 0.15) is 5.69 Å². The lowest BCUT2D eigenvalue weighted by Gasteiger charge is -2.09. The molecule has 0 aliphatic carbocycles. The summed E-state index contributed by atoms with van der Waals surface area (Å²) in [4.78, 5) is 23.8. The highest BCUT2D eigenvalue weighted by atomic mass is 32.3. The van der Waals surface area contributed by atoms with Gasteiger partial charge in [-0.1, -0.05) is 12.1 Å². The molecule has 0 aliphatic heterocycles. The molecule has 1 aromatic carbocycles. The number of carboxylic acids is 1. The Morgan fingerprint density at radius 3 is 2.37 bits per heavy atom. The van der Waals surface area contributed by atoms with E-state index in [-0.39, 0.29) is 11.0 Å². The molecule has 142 valence electrons. The first kappa shape index (κ1) is 20.0. The number of aromatic carboxylic acids is 1. The SMILES string of the molecule is Cn1cc(-c2cccc(C(=O)O)c2)c(=O)c(-n2cccn2)c1.O=S(=O)(O)O. The number of hydrogen-bond donors (Lipinski definition) is 3. The molecule has 11 heteroatoms. The molecule has 3 aromatic rings. The number of aromatic nitrogens is 3. The van der Waals surface area contributed by atoms with Crippen LogP contribution in [0.15, 0.2) is 59.9 Å². The number of aryl methyl sites for hydroxylation is 1. The van der Waals surface area contributed by atoms with Crippen LogP contribution in [0.2, 0.25) is 0 Å². The van der Waals surface area contributed by atoms with Gasteiger partial charge in [0, 0.05) is 37.4 Å². The third kappa shape index (κ3) is 5.60. The van der Waals surface area contributed by atoms with Crippen molar-refractivity contribution in [2.75, 3.05) is 0 Å². The zero-order valence-corrected chi connectivity index (χ0v) is 14.7. The van der Waals surface area contributed by atoms with Crippen molar-refractivity contribution in [1.82, 2.24) is 14.3 Å². The Hall–Kier alpha value is -3.28. The van der Waals surface area contributed by atoms with E-state index < -0.39 is 16.4 Å². The average Bonchev–Trinajstić information content (AvgIpc) is 3.09. The molecule has 0 aliphatic rings. The molecule has 0 amide bonds. The van der Waals surface area contributed by atoms with E-state index in [9.17, 15) is 9.59 Å². The number of carboxylic acid groups (broad SMARTS) is 1. The minimum absolute atomic E-state index is 0.143. The number of pyridine rings is 1. The van der Waals surface area contributed by atoms with Gasteiger partial charge in [0.05, 0.1) is 5.56 Å². The minimum Gasteiger partial charge on any atom is -0.478 e. The molecule has 0 spiro atoms. The summed E-state index contributed by atoms with van der Waals surface area (Å²) in [5.74, 6) is -1.03. The molecule has 3 N–H and O–H groups in total. The summed E-state index contributed by atoms with van der Waals surface area (Å²) >= 11 is 0. The fourth-order valence-corrected chi connectivity index (χ4v) is 2.29. The van der Waals surface area contributed by atoms with Crippen molar-refractivity contribution in [1.29, 1.82) is 0 Å². The topological polar surface area (TPSA) is 152 Å². The van der Waals surface area contributed by atoms with Crippen LogP contribution in [0.3, 0.4) is 0 Å². The molecule has 0 atom stereocenters. The van der Waals surface area contributed by atoms with Gasteiger partial charge in [-0.2, -0.15) is 13.5 Å². The van der Waals surface area contributed by atoms with E-state index in [1.807, 2.05) is 0 Å². The molecule has 3 rings (SSSR count). The Bertz CT molecular complexity index is 1110. The number of nitrogens with zero attached hydrogens (tertiary/aromatic N) is 3. The molecular formula is C16H15N3O7S. The van der Waals surface area contributed by atoms with E-state index in [0.29, 0.717) is 16.8 Å². The molecule has 2 aromatic heterocycles. The zero-order valence-electron chi connectivity index (χ0n) is 13.9. The molecule has 0 unspecified atom stereocenters. The van der Waals surface area contributed by atoms with Crippen molar-refractivity contribution >= 4 is 16.4 Å². The molecule has 0 bridgehead atoms. The van der Waals surface area contributed by atoms with Crippen LogP contribution in [0, 0.1) is 0 Å². The van der Waals surface area contributed by atoms with Crippen LogP contribution in [0.5, 0.6) is 0 Å². The number of carbonyl (C=O) groups is 1. The van der Waals surface area contributed by atoms with Crippen molar-refractivity contribution in [2.24, 2.45) is 7.05 Å². The van der Waals surface area contributed by atoms with Gasteiger partial charge in [-0.25, -0.2) is 9.48 Å². The van der Waals surface area contributed by atoms with Crippen molar-refractivity contribution in [3.8, 4) is 16.8 Å². The van der Waals surface area contributed by atoms with Crippen LogP contribution >= 0.6 is 0 Å². The molecule has 2 heterocycles. The van der Waals surface area contributed by atoms with Gasteiger partial charge in [0.2, 0.25) is 5.43 Å². The maximum atomic E-state index is 12.7. The Morgan fingerprint density at radius 1 is 1.15 bits per heavy atom. The van der Waals surface area contributed by atoms with E-state index in [0.717, 1.165) is 0 Å². The number of benzene rings is 1. The second kappa shape index (κ2) is 7.95. The molecular weight excluding hydrogens is 378 g/mol. The minimum atomic E-state index is -4.67. The summed E-state index contributed by atoms with van der Waals surface area (Å²) in [6, 6.07) is 8.06. The molecule has 10 nitrogen and oxygen atoms in total. The molecule has 0 radical (unpaired) electrons. The second-order valence-corrected chi connectivity index (χ2v) is 6.23. The van der Waals surface area contributed by atoms with E-state index in [4.69, 9.17) is 22.6 Å². The van der Waals surface area contributed by atoms with E-state index in [1.54, 1.807) is 54.6 Å². The van der Waals surface area contributed by atoms with Gasteiger partial charge in [0.25, 0.3) is 0 Å². The van der Waals surface area contributed by atoms with E-state index in [2.05, 4.69) is 5.10 Å². The highest BCUT2D eigenvalue weighted by molar-refractivity contribution is 7.79. The Morgan fingerprint density at radius 2 is 1.81 bits per heavy atom. The molecule has 27 heavy (non-hydrogen) atoms. The Balaban J connectivity index is 0.000000465. The fourth-order valence-electron chi connectivity index (χ4n) is 2.29. The lowest BCUT2D eigenvalue weighted by atomic mass is 10.0. The lowest BCUT2D eigenvalue weighted by Crippen LogP contribution is -2.16. The Labute approximate surface area is 153 Å². The van der Waals surface area contributed by atoms with Crippen LogP contribution in [0.1, 0.15) is 10.4 Å². The highest BCUT2D eigenvalue weighted by Gasteiger charge is 2.12. The van der Waals surface area contributed by atoms with Gasteiger partial charge in [0.15, 0.2) is 0 Å². The molecule has 0 fully saturated rings. The largest absolute Gasteiger partial charge is 0.478 e. The maximum absolute atomic E-state index is 12.7. The lowest BCUT2D eigenvalue weighted by molar-refractivity contribution is 0.0697. The second-order valence-electron chi connectivity index (χ2n) is 5.34. The molecule has 0 saturated carbocycles. The smallest absolute Gasteiger partial charge is 0.394 e. The van der Waals surface area contributed by atoms with E-state index >= 15 is 0 Å². The number of rotatable bonds is 3. The van der Waals surface area contributed by atoms with Crippen LogP contribution in [-0.4, -0.2) is 42.9 Å². The van der Waals surface area contributed by atoms with Crippen molar-refractivity contribution in [2.45, 2.75) is 0 Å². The van der Waals surface area contributed by atoms with Crippen molar-refractivity contribution in [3.05, 3.63) is 70.9 Å². The average molecular weight is 393 g/mol. The molecule has 0 saturated heterocycles. The van der Waals surface area contributed by atoms with Crippen molar-refractivity contribution < 1.29 is 27.4 Å². The summed E-state index contributed by atoms with van der Waals surface area (Å²) in [5, 5.41) is 13.2. The zero-order chi connectivity index (χ0) is 20.2. The van der Waals surface area contributed by atoms with E-state index in [1.165, 1.54) is 16.8 Å². The highest BCUT2D eigenvalue weighted by Crippen LogP contribution is 2.18. The van der Waals surface area contributed by atoms with Gasteiger partial charge in [-0.05, 0) is 23.8 Å². The summed E-state index contributed by atoms with van der Waals surface area (Å²) in [6.45, 7) is 0. The maximum Gasteiger partial charge on any atom is 0.394 e. The predicted molar refractivity (Wildman–Crippen MR) is 95.4 cm³/mol. The first-order chi connectivity index (χ1) is 12.6. The summed E-state index contributed by atoms with van der Waals surface area (Å²) in [6.07, 6.45) is 6.64. The van der Waals surface area contributed by atoms with Gasteiger partial charge >= 0.3 is 16.4 Å². The fraction of sp³-hybridized carbons (Fsp3) is 0.0625. The summed E-state index contributed by atoms with van der Waals surface area (Å²) < 4.78 is 34.8. The monoisotopic (exact) mass is 393 g/mol. The number of hydrogen-bond acceptors (Lipinski definition) is 5. The van der Waals surface area contributed by atoms with Crippen LogP contribution in [-0.2, 0) is 17.4 Å². The first-order valence-corrected chi connectivity index (χ1v) is 8.70. The first-order valence-electron chi connectivity index (χ1n) is 7.30. The quantitative estimate of drug-likeness (QED) is 0.563. The van der Waals surface area contributed by atoms with Crippen molar-refractivity contribution in [3.63, 3.8) is 0 Å². The normalized spacial score (nSPS) is 10.8. The third-order valence-electron chi connectivity index (χ3n) is 3.31.